The van der Waals surface area contributed by atoms with Gasteiger partial charge in [0, 0.05) is 34.5 Å². The molecule has 21 heavy (non-hydrogen) atoms. The summed E-state index contributed by atoms with van der Waals surface area (Å²) in [6, 6.07) is 7.27. The van der Waals surface area contributed by atoms with Gasteiger partial charge in [-0.05, 0) is 37.1 Å². The van der Waals surface area contributed by atoms with Gasteiger partial charge in [0.2, 0.25) is 5.91 Å². The van der Waals surface area contributed by atoms with Gasteiger partial charge in [-0.1, -0.05) is 15.9 Å². The number of nitrogens with one attached hydrogen (secondary N) is 1. The van der Waals surface area contributed by atoms with E-state index in [-0.39, 0.29) is 12.3 Å². The molecule has 0 aliphatic heterocycles. The maximum Gasteiger partial charge on any atom is 0.303 e. The summed E-state index contributed by atoms with van der Waals surface area (Å²) in [7, 11) is -1.10. The molecule has 2 N–H and O–H groups in total. The summed E-state index contributed by atoms with van der Waals surface area (Å²) in [6.45, 7) is 0.362. The third-order valence-electron chi connectivity index (χ3n) is 2.70. The van der Waals surface area contributed by atoms with Gasteiger partial charge in [0.1, 0.15) is 0 Å². The van der Waals surface area contributed by atoms with E-state index in [1.807, 2.05) is 12.1 Å². The number of rotatable bonds is 9. The van der Waals surface area contributed by atoms with Gasteiger partial charge in [0.15, 0.2) is 0 Å². The molecule has 0 spiro atoms. The fourth-order valence-corrected chi connectivity index (χ4v) is 2.97. The molecule has 0 heterocycles. The standard InChI is InChI=1S/C14H18BrNO4S/c15-11-5-7-12(8-6-11)21(20)10-2-3-13(17)16-9-1-4-14(18)19/h5-8H,1-4,9-10H2,(H,16,17)(H,18,19). The summed E-state index contributed by atoms with van der Waals surface area (Å²) < 4.78 is 12.9. The van der Waals surface area contributed by atoms with Crippen LogP contribution in [0.5, 0.6) is 0 Å². The Morgan fingerprint density at radius 2 is 1.81 bits per heavy atom. The first-order valence-electron chi connectivity index (χ1n) is 6.61. The first kappa shape index (κ1) is 17.8. The summed E-state index contributed by atoms with van der Waals surface area (Å²) in [5.41, 5.74) is 0. The molecule has 0 radical (unpaired) electrons. The van der Waals surface area contributed by atoms with Gasteiger partial charge in [-0.3, -0.25) is 13.8 Å². The first-order chi connectivity index (χ1) is 9.99. The van der Waals surface area contributed by atoms with Crippen LogP contribution in [0.2, 0.25) is 0 Å². The minimum atomic E-state index is -1.10. The monoisotopic (exact) mass is 375 g/mol. The van der Waals surface area contributed by atoms with Crippen molar-refractivity contribution in [2.24, 2.45) is 0 Å². The summed E-state index contributed by atoms with van der Waals surface area (Å²) in [4.78, 5) is 22.5. The third kappa shape index (κ3) is 7.96. The zero-order valence-electron chi connectivity index (χ0n) is 11.5. The molecule has 5 nitrogen and oxygen atoms in total. The van der Waals surface area contributed by atoms with E-state index in [2.05, 4.69) is 21.2 Å². The van der Waals surface area contributed by atoms with Gasteiger partial charge in [-0.2, -0.15) is 0 Å². The zero-order chi connectivity index (χ0) is 15.7. The summed E-state index contributed by atoms with van der Waals surface area (Å²) in [5.74, 6) is -0.563. The number of amides is 1. The predicted molar refractivity (Wildman–Crippen MR) is 84.5 cm³/mol. The van der Waals surface area contributed by atoms with Gasteiger partial charge >= 0.3 is 5.97 Å². The van der Waals surface area contributed by atoms with E-state index in [0.717, 1.165) is 9.37 Å². The van der Waals surface area contributed by atoms with Crippen molar-refractivity contribution in [2.45, 2.75) is 30.6 Å². The van der Waals surface area contributed by atoms with Crippen LogP contribution in [-0.2, 0) is 20.4 Å². The van der Waals surface area contributed by atoms with Crippen molar-refractivity contribution in [1.82, 2.24) is 5.32 Å². The summed E-state index contributed by atoms with van der Waals surface area (Å²) >= 11 is 3.32. The summed E-state index contributed by atoms with van der Waals surface area (Å²) in [5, 5.41) is 11.1. The highest BCUT2D eigenvalue weighted by Crippen LogP contribution is 2.14. The van der Waals surface area contributed by atoms with Gasteiger partial charge < -0.3 is 10.4 Å². The Bertz CT molecular complexity index is 504. The SMILES string of the molecule is O=C(O)CCCNC(=O)CCCS(=O)c1ccc(Br)cc1. The van der Waals surface area contributed by atoms with Crippen LogP contribution in [0.3, 0.4) is 0 Å². The van der Waals surface area contributed by atoms with E-state index < -0.39 is 16.8 Å². The lowest BCUT2D eigenvalue weighted by Crippen LogP contribution is -2.24. The second-order valence-electron chi connectivity index (χ2n) is 4.45. The molecule has 1 unspecified atom stereocenters. The van der Waals surface area contributed by atoms with Crippen LogP contribution < -0.4 is 5.32 Å². The molecular formula is C14H18BrNO4S. The lowest BCUT2D eigenvalue weighted by Gasteiger charge is -2.05. The molecule has 0 fully saturated rings. The van der Waals surface area contributed by atoms with Gasteiger partial charge in [0.25, 0.3) is 0 Å². The predicted octanol–water partition coefficient (Wildman–Crippen LogP) is 2.32. The van der Waals surface area contributed by atoms with Crippen molar-refractivity contribution < 1.29 is 18.9 Å². The van der Waals surface area contributed by atoms with E-state index in [4.69, 9.17) is 5.11 Å². The highest BCUT2D eigenvalue weighted by Gasteiger charge is 2.06. The Hall–Kier alpha value is -1.21. The lowest BCUT2D eigenvalue weighted by molar-refractivity contribution is -0.137. The molecule has 0 saturated heterocycles. The van der Waals surface area contributed by atoms with Crippen LogP contribution in [0.4, 0.5) is 0 Å². The van der Waals surface area contributed by atoms with Gasteiger partial charge in [-0.25, -0.2) is 0 Å². The lowest BCUT2D eigenvalue weighted by atomic mass is 10.3. The Morgan fingerprint density at radius 1 is 1.14 bits per heavy atom. The molecule has 0 bridgehead atoms. The molecule has 7 heteroatoms. The van der Waals surface area contributed by atoms with Crippen molar-refractivity contribution in [2.75, 3.05) is 12.3 Å². The van der Waals surface area contributed by atoms with Crippen molar-refractivity contribution in [3.63, 3.8) is 0 Å². The number of carboxylic acids is 1. The minimum absolute atomic E-state index is 0.0495. The largest absolute Gasteiger partial charge is 0.481 e. The molecule has 1 rings (SSSR count). The number of benzene rings is 1. The highest BCUT2D eigenvalue weighted by atomic mass is 79.9. The number of hydrogen-bond donors (Lipinski definition) is 2. The maximum absolute atomic E-state index is 12.0. The maximum atomic E-state index is 12.0. The van der Waals surface area contributed by atoms with Crippen molar-refractivity contribution in [1.29, 1.82) is 0 Å². The molecule has 1 atom stereocenters. The van der Waals surface area contributed by atoms with Crippen LogP contribution in [0.1, 0.15) is 25.7 Å². The van der Waals surface area contributed by atoms with Crippen molar-refractivity contribution >= 4 is 38.6 Å². The third-order valence-corrected chi connectivity index (χ3v) is 4.69. The van der Waals surface area contributed by atoms with E-state index in [1.165, 1.54) is 0 Å². The Kier molecular flexibility index (Phi) is 8.22. The fourth-order valence-electron chi connectivity index (χ4n) is 1.62. The van der Waals surface area contributed by atoms with Gasteiger partial charge in [-0.15, -0.1) is 0 Å². The average molecular weight is 376 g/mol. The molecule has 0 aromatic heterocycles. The topological polar surface area (TPSA) is 83.5 Å². The molecule has 1 aromatic rings. The van der Waals surface area contributed by atoms with E-state index in [0.29, 0.717) is 31.6 Å². The Morgan fingerprint density at radius 3 is 2.43 bits per heavy atom. The van der Waals surface area contributed by atoms with Crippen LogP contribution >= 0.6 is 15.9 Å². The number of aliphatic carboxylic acids is 1. The number of carboxylic acid groups (broad SMARTS) is 1. The number of carbonyl (C=O) groups is 2. The molecule has 116 valence electrons. The Balaban J connectivity index is 2.17. The second-order valence-corrected chi connectivity index (χ2v) is 6.94. The fraction of sp³-hybridized carbons (Fsp3) is 0.429. The van der Waals surface area contributed by atoms with E-state index >= 15 is 0 Å². The van der Waals surface area contributed by atoms with Crippen LogP contribution in [-0.4, -0.2) is 33.5 Å². The normalized spacial score (nSPS) is 11.9. The van der Waals surface area contributed by atoms with Crippen molar-refractivity contribution in [3.05, 3.63) is 28.7 Å². The number of carbonyl (C=O) groups excluding carboxylic acids is 1. The molecule has 0 saturated carbocycles. The van der Waals surface area contributed by atoms with E-state index in [1.54, 1.807) is 12.1 Å². The first-order valence-corrected chi connectivity index (χ1v) is 8.72. The molecule has 0 aliphatic rings. The smallest absolute Gasteiger partial charge is 0.303 e. The van der Waals surface area contributed by atoms with Crippen LogP contribution in [0.25, 0.3) is 0 Å². The summed E-state index contributed by atoms with van der Waals surface area (Å²) in [6.07, 6.45) is 1.31. The van der Waals surface area contributed by atoms with Crippen LogP contribution in [0, 0.1) is 0 Å². The highest BCUT2D eigenvalue weighted by molar-refractivity contribution is 9.10. The van der Waals surface area contributed by atoms with Crippen LogP contribution in [0.15, 0.2) is 33.6 Å². The van der Waals surface area contributed by atoms with E-state index in [9.17, 15) is 13.8 Å². The van der Waals surface area contributed by atoms with Crippen molar-refractivity contribution in [3.8, 4) is 0 Å². The number of halogens is 1. The zero-order valence-corrected chi connectivity index (χ0v) is 13.9. The molecule has 1 aromatic carbocycles. The van der Waals surface area contributed by atoms with Gasteiger partial charge in [0.05, 0.1) is 10.8 Å². The average Bonchev–Trinajstić information content (AvgIpc) is 2.44. The molecular weight excluding hydrogens is 358 g/mol. The Labute approximate surface area is 134 Å². The molecule has 0 aliphatic carbocycles. The quantitative estimate of drug-likeness (QED) is 0.648. The number of hydrogen-bond acceptors (Lipinski definition) is 3. The molecule has 1 amide bonds. The second kappa shape index (κ2) is 9.68. The minimum Gasteiger partial charge on any atom is -0.481 e.